The van der Waals surface area contributed by atoms with Gasteiger partial charge in [0.2, 0.25) is 0 Å². The molecule has 0 fully saturated rings. The van der Waals surface area contributed by atoms with E-state index in [1.807, 2.05) is 23.0 Å². The minimum Gasteiger partial charge on any atom is -0.487 e. The van der Waals surface area contributed by atoms with E-state index in [-0.39, 0.29) is 0 Å². The molecule has 1 aromatic heterocycles. The molecule has 1 unspecified atom stereocenters. The summed E-state index contributed by atoms with van der Waals surface area (Å²) in [6.07, 6.45) is 3.80. The fourth-order valence-electron chi connectivity index (χ4n) is 1.75. The van der Waals surface area contributed by atoms with E-state index in [4.69, 9.17) is 4.74 Å². The van der Waals surface area contributed by atoms with Crippen LogP contribution in [0.15, 0.2) is 34.9 Å². The molecule has 1 atom stereocenters. The maximum absolute atomic E-state index is 10.9. The highest BCUT2D eigenvalue weighted by atomic mass is 79.9. The number of hydrogen-bond donors (Lipinski definition) is 0. The summed E-state index contributed by atoms with van der Waals surface area (Å²) in [4.78, 5) is 10.9. The highest BCUT2D eigenvalue weighted by Gasteiger charge is 2.06. The van der Waals surface area contributed by atoms with Crippen LogP contribution in [0, 0.1) is 0 Å². The highest BCUT2D eigenvalue weighted by molar-refractivity contribution is 9.10. The molecule has 0 aliphatic heterocycles. The van der Waals surface area contributed by atoms with Crippen LogP contribution in [-0.4, -0.2) is 16.1 Å². The lowest BCUT2D eigenvalue weighted by Gasteiger charge is -2.08. The van der Waals surface area contributed by atoms with E-state index >= 15 is 0 Å². The van der Waals surface area contributed by atoms with Gasteiger partial charge >= 0.3 is 0 Å². The lowest BCUT2D eigenvalue weighted by molar-refractivity contribution is 0.112. The first kappa shape index (κ1) is 14.8. The smallest absolute Gasteiger partial charge is 0.151 e. The van der Waals surface area contributed by atoms with E-state index in [1.54, 1.807) is 12.1 Å². The molecule has 0 bridgehead atoms. The first-order valence-corrected chi connectivity index (χ1v) is 7.35. The van der Waals surface area contributed by atoms with Crippen LogP contribution in [0.25, 0.3) is 0 Å². The molecule has 0 radical (unpaired) electrons. The van der Waals surface area contributed by atoms with Crippen LogP contribution in [0.2, 0.25) is 0 Å². The number of hydrogen-bond acceptors (Lipinski definition) is 3. The van der Waals surface area contributed by atoms with Gasteiger partial charge in [-0.25, -0.2) is 0 Å². The summed E-state index contributed by atoms with van der Waals surface area (Å²) < 4.78 is 8.37. The van der Waals surface area contributed by atoms with Crippen LogP contribution < -0.4 is 4.74 Å². The predicted molar refractivity (Wildman–Crippen MR) is 81.1 cm³/mol. The van der Waals surface area contributed by atoms with Crippen molar-refractivity contribution in [2.45, 2.75) is 32.9 Å². The lowest BCUT2D eigenvalue weighted by Crippen LogP contribution is -2.05. The van der Waals surface area contributed by atoms with Crippen LogP contribution in [0.5, 0.6) is 5.75 Å². The van der Waals surface area contributed by atoms with Gasteiger partial charge in [-0.15, -0.1) is 0 Å². The maximum Gasteiger partial charge on any atom is 0.151 e. The molecule has 0 amide bonds. The van der Waals surface area contributed by atoms with Gasteiger partial charge < -0.3 is 4.74 Å². The molecule has 0 saturated carbocycles. The Balaban J connectivity index is 2.01. The summed E-state index contributed by atoms with van der Waals surface area (Å²) in [5, 5.41) is 4.47. The van der Waals surface area contributed by atoms with Crippen molar-refractivity contribution in [3.63, 3.8) is 0 Å². The highest BCUT2D eigenvalue weighted by Crippen LogP contribution is 2.22. The monoisotopic (exact) mass is 336 g/mol. The van der Waals surface area contributed by atoms with Gasteiger partial charge in [-0.3, -0.25) is 9.48 Å². The Hall–Kier alpha value is -1.62. The molecule has 0 N–H and O–H groups in total. The van der Waals surface area contributed by atoms with Crippen LogP contribution in [-0.2, 0) is 6.61 Å². The third kappa shape index (κ3) is 3.48. The summed E-state index contributed by atoms with van der Waals surface area (Å²) in [7, 11) is 0. The molecule has 0 aliphatic rings. The number of ether oxygens (including phenoxy) is 1. The third-order valence-corrected chi connectivity index (χ3v) is 3.91. The summed E-state index contributed by atoms with van der Waals surface area (Å²) in [6, 6.07) is 7.67. The number of rotatable bonds is 6. The number of carbonyl (C=O) groups is 1. The van der Waals surface area contributed by atoms with Crippen molar-refractivity contribution < 1.29 is 9.53 Å². The number of benzene rings is 1. The van der Waals surface area contributed by atoms with Crippen molar-refractivity contribution in [3.05, 3.63) is 46.2 Å². The Morgan fingerprint density at radius 1 is 1.45 bits per heavy atom. The van der Waals surface area contributed by atoms with E-state index in [2.05, 4.69) is 34.9 Å². The summed E-state index contributed by atoms with van der Waals surface area (Å²) in [5.74, 6) is 0.661. The van der Waals surface area contributed by atoms with Crippen molar-refractivity contribution in [1.29, 1.82) is 0 Å². The topological polar surface area (TPSA) is 44.1 Å². The number of aldehydes is 1. The average Bonchev–Trinajstić information content (AvgIpc) is 2.94. The summed E-state index contributed by atoms with van der Waals surface area (Å²) in [5.41, 5.74) is 1.45. The Kier molecular flexibility index (Phi) is 4.95. The van der Waals surface area contributed by atoms with Crippen LogP contribution in [0.4, 0.5) is 0 Å². The second-order valence-electron chi connectivity index (χ2n) is 4.63. The average molecular weight is 337 g/mol. The van der Waals surface area contributed by atoms with Crippen molar-refractivity contribution in [2.24, 2.45) is 0 Å². The van der Waals surface area contributed by atoms with Gasteiger partial charge in [-0.2, -0.15) is 5.10 Å². The van der Waals surface area contributed by atoms with E-state index in [0.717, 1.165) is 22.9 Å². The van der Waals surface area contributed by atoms with Crippen molar-refractivity contribution in [1.82, 2.24) is 9.78 Å². The molecular formula is C15H17BrN2O2. The van der Waals surface area contributed by atoms with Crippen LogP contribution >= 0.6 is 15.9 Å². The molecule has 5 heteroatoms. The Morgan fingerprint density at radius 2 is 2.25 bits per heavy atom. The molecule has 106 valence electrons. The van der Waals surface area contributed by atoms with Crippen molar-refractivity contribution >= 4 is 22.2 Å². The molecule has 1 heterocycles. The molecule has 0 saturated heterocycles. The molecule has 0 aliphatic carbocycles. The number of nitrogens with zero attached hydrogens (tertiary/aromatic N) is 2. The third-order valence-electron chi connectivity index (χ3n) is 3.19. The predicted octanol–water partition coefficient (Wildman–Crippen LogP) is 4.01. The van der Waals surface area contributed by atoms with Gasteiger partial charge in [0.1, 0.15) is 12.4 Å². The van der Waals surface area contributed by atoms with Crippen LogP contribution in [0.1, 0.15) is 42.4 Å². The molecular weight excluding hydrogens is 320 g/mol. The zero-order valence-electron chi connectivity index (χ0n) is 11.5. The zero-order valence-corrected chi connectivity index (χ0v) is 13.1. The van der Waals surface area contributed by atoms with Gasteiger partial charge in [-0.05, 0) is 37.6 Å². The molecule has 20 heavy (non-hydrogen) atoms. The van der Waals surface area contributed by atoms with E-state index in [0.29, 0.717) is 24.0 Å². The lowest BCUT2D eigenvalue weighted by atomic mass is 10.2. The largest absolute Gasteiger partial charge is 0.487 e. The SMILES string of the molecule is CCC(C)n1ccc(COc2ccc(Br)c(C=O)c2)n1. The minimum atomic E-state index is 0.387. The summed E-state index contributed by atoms with van der Waals surface area (Å²) in [6.45, 7) is 4.65. The van der Waals surface area contributed by atoms with Crippen molar-refractivity contribution in [3.8, 4) is 5.75 Å². The first-order valence-electron chi connectivity index (χ1n) is 6.55. The maximum atomic E-state index is 10.9. The van der Waals surface area contributed by atoms with Gasteiger partial charge in [0.05, 0.1) is 5.69 Å². The first-order chi connectivity index (χ1) is 9.63. The van der Waals surface area contributed by atoms with Gasteiger partial charge in [0.15, 0.2) is 6.29 Å². The molecule has 1 aromatic carbocycles. The molecule has 2 rings (SSSR count). The molecule has 2 aromatic rings. The fourth-order valence-corrected chi connectivity index (χ4v) is 2.09. The minimum absolute atomic E-state index is 0.387. The normalized spacial score (nSPS) is 12.2. The molecule has 0 spiro atoms. The number of halogens is 1. The second kappa shape index (κ2) is 6.70. The number of aromatic nitrogens is 2. The molecule has 4 nitrogen and oxygen atoms in total. The van der Waals surface area contributed by atoms with Crippen molar-refractivity contribution in [2.75, 3.05) is 0 Å². The van der Waals surface area contributed by atoms with E-state index < -0.39 is 0 Å². The van der Waals surface area contributed by atoms with Gasteiger partial charge in [0.25, 0.3) is 0 Å². The van der Waals surface area contributed by atoms with E-state index in [1.165, 1.54) is 0 Å². The van der Waals surface area contributed by atoms with Crippen LogP contribution in [0.3, 0.4) is 0 Å². The summed E-state index contributed by atoms with van der Waals surface area (Å²) >= 11 is 3.31. The van der Waals surface area contributed by atoms with Gasteiger partial charge in [-0.1, -0.05) is 22.9 Å². The Labute approximate surface area is 126 Å². The quantitative estimate of drug-likeness (QED) is 0.748. The van der Waals surface area contributed by atoms with Gasteiger partial charge in [0, 0.05) is 22.3 Å². The van der Waals surface area contributed by atoms with E-state index in [9.17, 15) is 4.79 Å². The number of carbonyl (C=O) groups excluding carboxylic acids is 1. The second-order valence-corrected chi connectivity index (χ2v) is 5.49. The standard InChI is InChI=1S/C15H17BrN2O2/c1-3-11(2)18-7-6-13(17-18)10-20-14-4-5-15(16)12(8-14)9-19/h4-9,11H,3,10H2,1-2H3. The Bertz CT molecular complexity index is 595. The zero-order chi connectivity index (χ0) is 14.5. The fraction of sp³-hybridized carbons (Fsp3) is 0.333. The Morgan fingerprint density at radius 3 is 2.95 bits per heavy atom.